The molecule has 0 saturated carbocycles. The van der Waals surface area contributed by atoms with Gasteiger partial charge in [0, 0.05) is 13.0 Å². The molecule has 0 aliphatic rings. The minimum absolute atomic E-state index is 0.117. The first-order valence-corrected chi connectivity index (χ1v) is 10.8. The van der Waals surface area contributed by atoms with E-state index >= 15 is 0 Å². The van der Waals surface area contributed by atoms with Crippen LogP contribution < -0.4 is 4.57 Å². The molecule has 3 aromatic carbocycles. The normalized spacial score (nSPS) is 11.8. The molecule has 4 aromatic rings. The summed E-state index contributed by atoms with van der Waals surface area (Å²) in [6.45, 7) is 13.6. The SMILES string of the molecule is Cc1cc(C(C)(C)C)cc(-c2c3ccc(-c4ccccc4)cc3cc(C)[n+]2C)c1C. The van der Waals surface area contributed by atoms with Crippen LogP contribution in [0.15, 0.2) is 66.7 Å². The molecule has 0 spiro atoms. The molecule has 0 aliphatic heterocycles. The van der Waals surface area contributed by atoms with Crippen molar-refractivity contribution >= 4 is 10.8 Å². The summed E-state index contributed by atoms with van der Waals surface area (Å²) in [5.41, 5.74) is 10.6. The van der Waals surface area contributed by atoms with Crippen LogP contribution in [0.25, 0.3) is 33.2 Å². The van der Waals surface area contributed by atoms with E-state index in [1.54, 1.807) is 0 Å². The lowest BCUT2D eigenvalue weighted by Crippen LogP contribution is -2.35. The fraction of sp³-hybridized carbons (Fsp3) is 0.276. The van der Waals surface area contributed by atoms with E-state index in [0.717, 1.165) is 0 Å². The van der Waals surface area contributed by atoms with Crippen molar-refractivity contribution in [3.63, 3.8) is 0 Å². The molecule has 0 fully saturated rings. The Bertz CT molecular complexity index is 1240. The zero-order valence-electron chi connectivity index (χ0n) is 19.3. The van der Waals surface area contributed by atoms with Gasteiger partial charge >= 0.3 is 0 Å². The van der Waals surface area contributed by atoms with Crippen LogP contribution >= 0.6 is 0 Å². The minimum atomic E-state index is 0.117. The Hall–Kier alpha value is -2.93. The number of hydrogen-bond acceptors (Lipinski definition) is 0. The second kappa shape index (κ2) is 7.40. The first kappa shape index (κ1) is 20.3. The largest absolute Gasteiger partial charge is 0.220 e. The lowest BCUT2D eigenvalue weighted by atomic mass is 9.82. The van der Waals surface area contributed by atoms with Gasteiger partial charge in [0.15, 0.2) is 5.69 Å². The van der Waals surface area contributed by atoms with E-state index in [-0.39, 0.29) is 5.41 Å². The van der Waals surface area contributed by atoms with Gasteiger partial charge < -0.3 is 0 Å². The molecule has 4 rings (SSSR count). The molecule has 0 saturated heterocycles. The summed E-state index contributed by atoms with van der Waals surface area (Å²) in [5, 5.41) is 2.59. The van der Waals surface area contributed by atoms with Crippen LogP contribution in [0.4, 0.5) is 0 Å². The molecular formula is C29H32N+. The second-order valence-electron chi connectivity index (χ2n) is 9.58. The highest BCUT2D eigenvalue weighted by atomic mass is 14.9. The molecule has 0 aliphatic carbocycles. The predicted molar refractivity (Wildman–Crippen MR) is 129 cm³/mol. The summed E-state index contributed by atoms with van der Waals surface area (Å²) in [6.07, 6.45) is 0. The van der Waals surface area contributed by atoms with Gasteiger partial charge in [0.1, 0.15) is 7.05 Å². The molecule has 1 heterocycles. The van der Waals surface area contributed by atoms with Gasteiger partial charge in [-0.15, -0.1) is 0 Å². The van der Waals surface area contributed by atoms with Gasteiger partial charge in [0.05, 0.1) is 10.9 Å². The Balaban J connectivity index is 2.02. The number of hydrogen-bond donors (Lipinski definition) is 0. The highest BCUT2D eigenvalue weighted by Gasteiger charge is 2.24. The standard InChI is InChI=1S/C29H32N/c1-19-15-25(29(4,5)6)18-27(21(19)3)28-26-14-13-23(22-11-9-8-10-12-22)17-24(26)16-20(2)30(28)7/h8-18H,1-7H3/q+1. The molecule has 1 heteroatoms. The van der Waals surface area contributed by atoms with E-state index < -0.39 is 0 Å². The second-order valence-corrected chi connectivity index (χ2v) is 9.58. The van der Waals surface area contributed by atoms with Crippen LogP contribution in [0.3, 0.4) is 0 Å². The maximum Gasteiger partial charge on any atom is 0.220 e. The van der Waals surface area contributed by atoms with Gasteiger partial charge in [-0.2, -0.15) is 4.57 Å². The van der Waals surface area contributed by atoms with Crippen molar-refractivity contribution in [2.24, 2.45) is 7.05 Å². The minimum Gasteiger partial charge on any atom is -0.198 e. The molecule has 0 radical (unpaired) electrons. The van der Waals surface area contributed by atoms with Crippen LogP contribution in [0.2, 0.25) is 0 Å². The van der Waals surface area contributed by atoms with Crippen molar-refractivity contribution in [1.29, 1.82) is 0 Å². The number of aryl methyl sites for hydroxylation is 2. The van der Waals surface area contributed by atoms with Gasteiger partial charge in [0.25, 0.3) is 0 Å². The lowest BCUT2D eigenvalue weighted by molar-refractivity contribution is -0.665. The van der Waals surface area contributed by atoms with E-state index in [1.807, 2.05) is 0 Å². The van der Waals surface area contributed by atoms with E-state index in [1.165, 1.54) is 55.5 Å². The quantitative estimate of drug-likeness (QED) is 0.316. The summed E-state index contributed by atoms with van der Waals surface area (Å²) >= 11 is 0. The van der Waals surface area contributed by atoms with Crippen molar-refractivity contribution in [2.45, 2.75) is 47.0 Å². The smallest absolute Gasteiger partial charge is 0.198 e. The molecule has 152 valence electrons. The monoisotopic (exact) mass is 394 g/mol. The van der Waals surface area contributed by atoms with Crippen molar-refractivity contribution in [1.82, 2.24) is 0 Å². The third kappa shape index (κ3) is 3.54. The highest BCUT2D eigenvalue weighted by Crippen LogP contribution is 2.35. The summed E-state index contributed by atoms with van der Waals surface area (Å²) in [5.74, 6) is 0. The number of aromatic nitrogens is 1. The van der Waals surface area contributed by atoms with Gasteiger partial charge in [-0.05, 0) is 70.7 Å². The first-order chi connectivity index (χ1) is 14.2. The van der Waals surface area contributed by atoms with Crippen LogP contribution in [-0.4, -0.2) is 0 Å². The van der Waals surface area contributed by atoms with Gasteiger partial charge in [-0.3, -0.25) is 0 Å². The predicted octanol–water partition coefficient (Wildman–Crippen LogP) is 7.22. The van der Waals surface area contributed by atoms with E-state index in [9.17, 15) is 0 Å². The number of fused-ring (bicyclic) bond motifs is 1. The number of rotatable bonds is 2. The third-order valence-corrected chi connectivity index (χ3v) is 6.43. The molecular weight excluding hydrogens is 362 g/mol. The molecule has 0 amide bonds. The molecule has 1 nitrogen and oxygen atoms in total. The summed E-state index contributed by atoms with van der Waals surface area (Å²) in [6, 6.07) is 24.6. The Morgan fingerprint density at radius 1 is 0.733 bits per heavy atom. The average molecular weight is 395 g/mol. The van der Waals surface area contributed by atoms with Crippen LogP contribution in [0, 0.1) is 20.8 Å². The fourth-order valence-corrected chi connectivity index (χ4v) is 4.25. The van der Waals surface area contributed by atoms with Gasteiger partial charge in [0.2, 0.25) is 5.69 Å². The molecule has 0 unspecified atom stereocenters. The maximum absolute atomic E-state index is 2.40. The fourth-order valence-electron chi connectivity index (χ4n) is 4.25. The van der Waals surface area contributed by atoms with Crippen LogP contribution in [0.5, 0.6) is 0 Å². The van der Waals surface area contributed by atoms with Crippen molar-refractivity contribution in [3.05, 3.63) is 89.1 Å². The Labute approximate surface area is 181 Å². The van der Waals surface area contributed by atoms with Crippen molar-refractivity contribution < 1.29 is 4.57 Å². The lowest BCUT2D eigenvalue weighted by Gasteiger charge is -2.22. The van der Waals surface area contributed by atoms with Crippen LogP contribution in [-0.2, 0) is 12.5 Å². The van der Waals surface area contributed by atoms with Gasteiger partial charge in [-0.1, -0.05) is 63.2 Å². The van der Waals surface area contributed by atoms with Crippen molar-refractivity contribution in [3.8, 4) is 22.4 Å². The summed E-state index contributed by atoms with van der Waals surface area (Å²) in [4.78, 5) is 0. The third-order valence-electron chi connectivity index (χ3n) is 6.43. The molecule has 0 bridgehead atoms. The Morgan fingerprint density at radius 3 is 2.10 bits per heavy atom. The molecule has 30 heavy (non-hydrogen) atoms. The number of nitrogens with zero attached hydrogens (tertiary/aromatic N) is 1. The number of benzene rings is 3. The zero-order chi connectivity index (χ0) is 21.6. The topological polar surface area (TPSA) is 3.88 Å². The van der Waals surface area contributed by atoms with E-state index in [4.69, 9.17) is 0 Å². The van der Waals surface area contributed by atoms with E-state index in [2.05, 4.69) is 120 Å². The number of pyridine rings is 1. The first-order valence-electron chi connectivity index (χ1n) is 10.8. The molecule has 0 N–H and O–H groups in total. The Morgan fingerprint density at radius 2 is 1.43 bits per heavy atom. The zero-order valence-corrected chi connectivity index (χ0v) is 19.3. The Kier molecular flexibility index (Phi) is 5.02. The average Bonchev–Trinajstić information content (AvgIpc) is 2.71. The van der Waals surface area contributed by atoms with E-state index in [0.29, 0.717) is 0 Å². The van der Waals surface area contributed by atoms with Crippen molar-refractivity contribution in [2.75, 3.05) is 0 Å². The maximum atomic E-state index is 2.40. The molecule has 0 atom stereocenters. The summed E-state index contributed by atoms with van der Waals surface area (Å²) < 4.78 is 2.35. The summed E-state index contributed by atoms with van der Waals surface area (Å²) in [7, 11) is 2.19. The van der Waals surface area contributed by atoms with Gasteiger partial charge in [-0.25, -0.2) is 0 Å². The molecule has 1 aromatic heterocycles. The van der Waals surface area contributed by atoms with Crippen LogP contribution in [0.1, 0.15) is 43.2 Å². The highest BCUT2D eigenvalue weighted by molar-refractivity contribution is 5.96.